The second-order valence-corrected chi connectivity index (χ2v) is 9.29. The first-order valence-corrected chi connectivity index (χ1v) is 12.6. The van der Waals surface area contributed by atoms with Crippen molar-refractivity contribution in [3.63, 3.8) is 0 Å². The molecule has 8 nitrogen and oxygen atoms in total. The van der Waals surface area contributed by atoms with E-state index in [0.717, 1.165) is 11.1 Å². The lowest BCUT2D eigenvalue weighted by Crippen LogP contribution is -2.39. The van der Waals surface area contributed by atoms with Gasteiger partial charge >= 0.3 is 0 Å². The van der Waals surface area contributed by atoms with E-state index in [9.17, 15) is 9.59 Å². The Kier molecular flexibility index (Phi) is 8.48. The molecule has 3 aromatic rings. The first-order chi connectivity index (χ1) is 18.3. The molecule has 1 heterocycles. The van der Waals surface area contributed by atoms with Gasteiger partial charge in [-0.15, -0.1) is 0 Å². The quantitative estimate of drug-likeness (QED) is 0.382. The largest absolute Gasteiger partial charge is 0.497 e. The van der Waals surface area contributed by atoms with E-state index in [4.69, 9.17) is 26.4 Å². The Bertz CT molecular complexity index is 1310. The van der Waals surface area contributed by atoms with Gasteiger partial charge in [0.1, 0.15) is 11.8 Å². The number of aryl methyl sites for hydroxylation is 1. The van der Waals surface area contributed by atoms with E-state index in [1.807, 2.05) is 54.3 Å². The summed E-state index contributed by atoms with van der Waals surface area (Å²) in [5, 5.41) is 3.25. The molecule has 1 N–H and O–H groups in total. The maximum Gasteiger partial charge on any atom is 0.256 e. The predicted octanol–water partition coefficient (Wildman–Crippen LogP) is 4.59. The Morgan fingerprint density at radius 1 is 0.921 bits per heavy atom. The number of hydrogen-bond acceptors (Lipinski definition) is 6. The number of ether oxygens (including phenoxy) is 3. The maximum absolute atomic E-state index is 13.6. The second-order valence-electron chi connectivity index (χ2n) is 8.92. The highest BCUT2D eigenvalue weighted by Crippen LogP contribution is 2.30. The molecule has 9 heteroatoms. The summed E-state index contributed by atoms with van der Waals surface area (Å²) in [6.07, 6.45) is 0.547. The number of thiocarbonyl (C=S) groups is 1. The van der Waals surface area contributed by atoms with Crippen molar-refractivity contribution in [1.29, 1.82) is 0 Å². The van der Waals surface area contributed by atoms with Crippen molar-refractivity contribution in [2.75, 3.05) is 38.1 Å². The van der Waals surface area contributed by atoms with Crippen molar-refractivity contribution in [3.8, 4) is 17.2 Å². The third kappa shape index (κ3) is 5.89. The highest BCUT2D eigenvalue weighted by atomic mass is 32.1. The molecule has 0 bridgehead atoms. The van der Waals surface area contributed by atoms with Crippen LogP contribution in [0.1, 0.15) is 17.5 Å². The van der Waals surface area contributed by atoms with Crippen molar-refractivity contribution < 1.29 is 23.8 Å². The van der Waals surface area contributed by atoms with E-state index < -0.39 is 6.04 Å². The molecular formula is C29H31N3O5S. The SMILES string of the molecule is COc1ccc(NC(=O)C[C@H]2C(=O)N(c3ccc(C)cc3)C(=S)N2CCc2ccc(OC)c(OC)c2)cc1. The Balaban J connectivity index is 1.55. The van der Waals surface area contributed by atoms with Crippen LogP contribution in [0.2, 0.25) is 0 Å². The van der Waals surface area contributed by atoms with Crippen LogP contribution in [0.25, 0.3) is 0 Å². The van der Waals surface area contributed by atoms with Crippen LogP contribution in [0.3, 0.4) is 0 Å². The van der Waals surface area contributed by atoms with E-state index in [-0.39, 0.29) is 18.2 Å². The summed E-state index contributed by atoms with van der Waals surface area (Å²) >= 11 is 5.79. The minimum absolute atomic E-state index is 0.0424. The van der Waals surface area contributed by atoms with Crippen molar-refractivity contribution in [2.24, 2.45) is 0 Å². The number of anilines is 2. The fourth-order valence-corrected chi connectivity index (χ4v) is 4.78. The van der Waals surface area contributed by atoms with Crippen LogP contribution < -0.4 is 24.4 Å². The molecule has 0 aromatic heterocycles. The number of nitrogens with one attached hydrogen (secondary N) is 1. The number of rotatable bonds is 10. The van der Waals surface area contributed by atoms with Crippen molar-refractivity contribution in [2.45, 2.75) is 25.8 Å². The van der Waals surface area contributed by atoms with Crippen LogP contribution in [-0.2, 0) is 16.0 Å². The Morgan fingerprint density at radius 3 is 2.24 bits per heavy atom. The molecule has 1 saturated heterocycles. The van der Waals surface area contributed by atoms with Gasteiger partial charge in [-0.05, 0) is 79.7 Å². The lowest BCUT2D eigenvalue weighted by atomic mass is 10.1. The average molecular weight is 534 g/mol. The summed E-state index contributed by atoms with van der Waals surface area (Å²) in [6.45, 7) is 2.43. The average Bonchev–Trinajstić information content (AvgIpc) is 3.16. The van der Waals surface area contributed by atoms with E-state index in [1.54, 1.807) is 45.6 Å². The molecule has 2 amide bonds. The molecule has 1 aliphatic rings. The van der Waals surface area contributed by atoms with Gasteiger partial charge in [0.25, 0.3) is 5.91 Å². The highest BCUT2D eigenvalue weighted by Gasteiger charge is 2.43. The molecule has 1 atom stereocenters. The van der Waals surface area contributed by atoms with Crippen LogP contribution in [0, 0.1) is 6.92 Å². The van der Waals surface area contributed by atoms with E-state index in [0.29, 0.717) is 46.7 Å². The number of amides is 2. The van der Waals surface area contributed by atoms with Crippen LogP contribution in [0.15, 0.2) is 66.7 Å². The first kappa shape index (κ1) is 26.9. The molecule has 198 valence electrons. The van der Waals surface area contributed by atoms with Gasteiger partial charge in [0, 0.05) is 12.2 Å². The first-order valence-electron chi connectivity index (χ1n) is 12.2. The van der Waals surface area contributed by atoms with Crippen LogP contribution in [-0.4, -0.2) is 55.7 Å². The summed E-state index contributed by atoms with van der Waals surface area (Å²) in [5.41, 5.74) is 3.37. The second kappa shape index (κ2) is 12.0. The Labute approximate surface area is 228 Å². The third-order valence-electron chi connectivity index (χ3n) is 6.45. The Hall–Kier alpha value is -4.11. The molecule has 0 radical (unpaired) electrons. The van der Waals surface area contributed by atoms with E-state index in [2.05, 4.69) is 5.32 Å². The fourth-order valence-electron chi connectivity index (χ4n) is 4.37. The van der Waals surface area contributed by atoms with Gasteiger partial charge in [-0.1, -0.05) is 23.8 Å². The molecule has 3 aromatic carbocycles. The summed E-state index contributed by atoms with van der Waals surface area (Å²) < 4.78 is 15.9. The van der Waals surface area contributed by atoms with Crippen LogP contribution in [0.4, 0.5) is 11.4 Å². The van der Waals surface area contributed by atoms with Gasteiger partial charge in [-0.3, -0.25) is 14.5 Å². The number of hydrogen-bond donors (Lipinski definition) is 1. The minimum atomic E-state index is -0.734. The topological polar surface area (TPSA) is 80.3 Å². The lowest BCUT2D eigenvalue weighted by Gasteiger charge is -2.24. The number of benzene rings is 3. The van der Waals surface area contributed by atoms with Crippen LogP contribution >= 0.6 is 12.2 Å². The van der Waals surface area contributed by atoms with Crippen molar-refractivity contribution in [3.05, 3.63) is 77.9 Å². The molecular weight excluding hydrogens is 502 g/mol. The van der Waals surface area contributed by atoms with E-state index >= 15 is 0 Å². The van der Waals surface area contributed by atoms with Gasteiger partial charge in [-0.2, -0.15) is 0 Å². The molecule has 0 aliphatic carbocycles. The number of carbonyl (C=O) groups excluding carboxylic acids is 2. The van der Waals surface area contributed by atoms with Gasteiger partial charge in [-0.25, -0.2) is 0 Å². The summed E-state index contributed by atoms with van der Waals surface area (Å²) in [6, 6.07) is 19.6. The molecule has 0 spiro atoms. The summed E-state index contributed by atoms with van der Waals surface area (Å²) in [4.78, 5) is 30.0. The zero-order chi connectivity index (χ0) is 27.2. The number of carbonyl (C=O) groups is 2. The number of methoxy groups -OCH3 is 3. The monoisotopic (exact) mass is 533 g/mol. The third-order valence-corrected chi connectivity index (χ3v) is 6.87. The zero-order valence-electron chi connectivity index (χ0n) is 21.9. The van der Waals surface area contributed by atoms with Gasteiger partial charge in [0.15, 0.2) is 16.6 Å². The lowest BCUT2D eigenvalue weighted by molar-refractivity contribution is -0.124. The smallest absolute Gasteiger partial charge is 0.256 e. The molecule has 0 unspecified atom stereocenters. The zero-order valence-corrected chi connectivity index (χ0v) is 22.7. The normalized spacial score (nSPS) is 15.0. The molecule has 1 aliphatic heterocycles. The summed E-state index contributed by atoms with van der Waals surface area (Å²) in [5.74, 6) is 1.45. The van der Waals surface area contributed by atoms with Crippen molar-refractivity contribution >= 4 is 40.5 Å². The molecule has 0 saturated carbocycles. The van der Waals surface area contributed by atoms with Gasteiger partial charge in [0.2, 0.25) is 5.91 Å². The predicted molar refractivity (Wildman–Crippen MR) is 151 cm³/mol. The van der Waals surface area contributed by atoms with Gasteiger partial charge in [0.05, 0.1) is 33.4 Å². The van der Waals surface area contributed by atoms with Crippen molar-refractivity contribution in [1.82, 2.24) is 4.90 Å². The standard InChI is InChI=1S/C29H31N3O5S/c1-19-5-10-22(11-6-19)32-28(34)24(18-27(33)30-21-8-12-23(35-2)13-9-21)31(29(32)38)16-15-20-7-14-25(36-3)26(17-20)37-4/h5-14,17,24H,15-16,18H2,1-4H3,(H,30,33)/t24-/m0/s1. The summed E-state index contributed by atoms with van der Waals surface area (Å²) in [7, 11) is 4.76. The molecule has 38 heavy (non-hydrogen) atoms. The molecule has 4 rings (SSSR count). The van der Waals surface area contributed by atoms with E-state index in [1.165, 1.54) is 4.90 Å². The number of nitrogens with zero attached hydrogens (tertiary/aromatic N) is 2. The minimum Gasteiger partial charge on any atom is -0.497 e. The molecule has 1 fully saturated rings. The fraction of sp³-hybridized carbons (Fsp3) is 0.276. The maximum atomic E-state index is 13.6. The highest BCUT2D eigenvalue weighted by molar-refractivity contribution is 7.80. The van der Waals surface area contributed by atoms with Gasteiger partial charge < -0.3 is 24.4 Å². The Morgan fingerprint density at radius 2 is 1.61 bits per heavy atom. The van der Waals surface area contributed by atoms with Crippen LogP contribution in [0.5, 0.6) is 17.2 Å².